The van der Waals surface area contributed by atoms with Crippen molar-refractivity contribution in [2.75, 3.05) is 0 Å². The van der Waals surface area contributed by atoms with Crippen LogP contribution in [0.25, 0.3) is 11.4 Å². The van der Waals surface area contributed by atoms with Gasteiger partial charge in [-0.05, 0) is 26.7 Å². The van der Waals surface area contributed by atoms with Crippen molar-refractivity contribution < 1.29 is 4.79 Å². The Bertz CT molecular complexity index is 673. The van der Waals surface area contributed by atoms with Gasteiger partial charge >= 0.3 is 6.03 Å². The van der Waals surface area contributed by atoms with E-state index >= 15 is 0 Å². The molecule has 0 spiro atoms. The first-order valence-electron chi connectivity index (χ1n) is 8.68. The van der Waals surface area contributed by atoms with Crippen molar-refractivity contribution in [1.82, 2.24) is 25.8 Å². The van der Waals surface area contributed by atoms with Gasteiger partial charge in [0.05, 0.1) is 6.04 Å². The highest BCUT2D eigenvalue weighted by Crippen LogP contribution is 2.19. The minimum atomic E-state index is -0.222. The standard InChI is InChI=1S/C18H25N5O/c1-12-8-10-14(11-9-12)17-21-16(22-23-17)13(2)19-18(24)20-15-6-4-3-5-7-15/h8-11,13,15H,3-7H2,1-2H3,(H2,19,20,24)(H,21,22,23)/t13-/m1/s1. The fourth-order valence-corrected chi connectivity index (χ4v) is 3.04. The van der Waals surface area contributed by atoms with Crippen molar-refractivity contribution in [3.63, 3.8) is 0 Å². The number of aryl methyl sites for hydroxylation is 1. The molecule has 1 aromatic heterocycles. The van der Waals surface area contributed by atoms with Crippen LogP contribution < -0.4 is 10.6 Å². The van der Waals surface area contributed by atoms with Crippen molar-refractivity contribution in [2.24, 2.45) is 0 Å². The van der Waals surface area contributed by atoms with E-state index in [0.717, 1.165) is 18.4 Å². The predicted molar refractivity (Wildman–Crippen MR) is 93.5 cm³/mol. The van der Waals surface area contributed by atoms with Crippen LogP contribution >= 0.6 is 0 Å². The van der Waals surface area contributed by atoms with Gasteiger partial charge in [-0.1, -0.05) is 49.1 Å². The maximum absolute atomic E-state index is 12.1. The lowest BCUT2D eigenvalue weighted by molar-refractivity contribution is 0.229. The number of amides is 2. The highest BCUT2D eigenvalue weighted by molar-refractivity contribution is 5.74. The summed E-state index contributed by atoms with van der Waals surface area (Å²) in [5.74, 6) is 1.30. The number of aromatic amines is 1. The molecule has 2 aromatic rings. The number of nitrogens with one attached hydrogen (secondary N) is 3. The maximum Gasteiger partial charge on any atom is 0.315 e. The highest BCUT2D eigenvalue weighted by Gasteiger charge is 2.18. The van der Waals surface area contributed by atoms with E-state index in [9.17, 15) is 4.79 Å². The number of H-pyrrole nitrogens is 1. The zero-order valence-corrected chi connectivity index (χ0v) is 14.3. The molecular weight excluding hydrogens is 302 g/mol. The van der Waals surface area contributed by atoms with Crippen LogP contribution in [-0.2, 0) is 0 Å². The topological polar surface area (TPSA) is 82.7 Å². The largest absolute Gasteiger partial charge is 0.335 e. The van der Waals surface area contributed by atoms with Crippen LogP contribution in [0, 0.1) is 6.92 Å². The molecule has 6 heteroatoms. The molecule has 0 radical (unpaired) electrons. The van der Waals surface area contributed by atoms with Gasteiger partial charge in [-0.25, -0.2) is 9.78 Å². The van der Waals surface area contributed by atoms with Crippen LogP contribution in [0.2, 0.25) is 0 Å². The average Bonchev–Trinajstić information content (AvgIpc) is 3.06. The number of rotatable bonds is 4. The molecule has 1 fully saturated rings. The summed E-state index contributed by atoms with van der Waals surface area (Å²) in [6, 6.07) is 7.99. The average molecular weight is 327 g/mol. The lowest BCUT2D eigenvalue weighted by Gasteiger charge is -2.23. The number of hydrogen-bond acceptors (Lipinski definition) is 3. The summed E-state index contributed by atoms with van der Waals surface area (Å²) in [4.78, 5) is 16.6. The summed E-state index contributed by atoms with van der Waals surface area (Å²) in [6.45, 7) is 3.95. The number of carbonyl (C=O) groups excluding carboxylic acids is 1. The van der Waals surface area contributed by atoms with E-state index in [1.165, 1.54) is 24.8 Å². The van der Waals surface area contributed by atoms with Crippen molar-refractivity contribution in [3.05, 3.63) is 35.7 Å². The zero-order chi connectivity index (χ0) is 16.9. The molecule has 1 aliphatic carbocycles. The van der Waals surface area contributed by atoms with Crippen LogP contribution in [-0.4, -0.2) is 27.3 Å². The Morgan fingerprint density at radius 3 is 2.62 bits per heavy atom. The lowest BCUT2D eigenvalue weighted by atomic mass is 9.96. The third kappa shape index (κ3) is 4.13. The van der Waals surface area contributed by atoms with Gasteiger partial charge < -0.3 is 10.6 Å². The van der Waals surface area contributed by atoms with E-state index in [4.69, 9.17) is 0 Å². The lowest BCUT2D eigenvalue weighted by Crippen LogP contribution is -2.43. The van der Waals surface area contributed by atoms with Crippen LogP contribution in [0.1, 0.15) is 56.5 Å². The summed E-state index contributed by atoms with van der Waals surface area (Å²) < 4.78 is 0. The third-order valence-corrected chi connectivity index (χ3v) is 4.51. The van der Waals surface area contributed by atoms with Crippen LogP contribution in [0.5, 0.6) is 0 Å². The van der Waals surface area contributed by atoms with Gasteiger partial charge in [-0.2, -0.15) is 5.10 Å². The smallest absolute Gasteiger partial charge is 0.315 e. The Labute approximate surface area is 142 Å². The molecule has 0 unspecified atom stereocenters. The molecule has 3 rings (SSSR count). The predicted octanol–water partition coefficient (Wildman–Crippen LogP) is 3.47. The summed E-state index contributed by atoms with van der Waals surface area (Å²) in [5, 5.41) is 13.2. The molecule has 0 bridgehead atoms. The highest BCUT2D eigenvalue weighted by atomic mass is 16.2. The fraction of sp³-hybridized carbons (Fsp3) is 0.500. The Hall–Kier alpha value is -2.37. The molecule has 24 heavy (non-hydrogen) atoms. The first-order chi connectivity index (χ1) is 11.6. The molecule has 6 nitrogen and oxygen atoms in total. The Morgan fingerprint density at radius 2 is 1.92 bits per heavy atom. The Balaban J connectivity index is 1.57. The monoisotopic (exact) mass is 327 g/mol. The number of benzene rings is 1. The molecule has 1 aromatic carbocycles. The normalized spacial score (nSPS) is 16.6. The molecule has 128 valence electrons. The van der Waals surface area contributed by atoms with Gasteiger partial charge in [-0.3, -0.25) is 5.10 Å². The van der Waals surface area contributed by atoms with Crippen molar-refractivity contribution in [1.29, 1.82) is 0 Å². The number of carbonyl (C=O) groups is 1. The van der Waals surface area contributed by atoms with E-state index in [1.807, 2.05) is 38.1 Å². The summed E-state index contributed by atoms with van der Waals surface area (Å²) in [5.41, 5.74) is 2.16. The second-order valence-corrected chi connectivity index (χ2v) is 6.58. The second kappa shape index (κ2) is 7.47. The Morgan fingerprint density at radius 1 is 1.21 bits per heavy atom. The summed E-state index contributed by atoms with van der Waals surface area (Å²) in [6.07, 6.45) is 5.81. The van der Waals surface area contributed by atoms with Crippen molar-refractivity contribution >= 4 is 6.03 Å². The maximum atomic E-state index is 12.1. The molecule has 3 N–H and O–H groups in total. The number of nitrogens with zero attached hydrogens (tertiary/aromatic N) is 2. The van der Waals surface area contributed by atoms with Gasteiger partial charge in [0.2, 0.25) is 0 Å². The van der Waals surface area contributed by atoms with E-state index in [0.29, 0.717) is 17.7 Å². The van der Waals surface area contributed by atoms with E-state index in [-0.39, 0.29) is 12.1 Å². The van der Waals surface area contributed by atoms with Crippen LogP contribution in [0.3, 0.4) is 0 Å². The second-order valence-electron chi connectivity index (χ2n) is 6.58. The molecule has 0 aliphatic heterocycles. The number of aromatic nitrogens is 3. The van der Waals surface area contributed by atoms with E-state index in [1.54, 1.807) is 0 Å². The summed E-state index contributed by atoms with van der Waals surface area (Å²) >= 11 is 0. The van der Waals surface area contributed by atoms with Gasteiger partial charge in [-0.15, -0.1) is 0 Å². The minimum Gasteiger partial charge on any atom is -0.335 e. The van der Waals surface area contributed by atoms with E-state index < -0.39 is 0 Å². The molecular formula is C18H25N5O. The molecule has 1 saturated carbocycles. The summed E-state index contributed by atoms with van der Waals surface area (Å²) in [7, 11) is 0. The molecule has 1 aliphatic rings. The number of hydrogen-bond donors (Lipinski definition) is 3. The minimum absolute atomic E-state index is 0.136. The van der Waals surface area contributed by atoms with Crippen molar-refractivity contribution in [2.45, 2.75) is 58.0 Å². The quantitative estimate of drug-likeness (QED) is 0.804. The first-order valence-corrected chi connectivity index (χ1v) is 8.68. The molecule has 1 atom stereocenters. The van der Waals surface area contributed by atoms with Crippen LogP contribution in [0.4, 0.5) is 4.79 Å². The zero-order valence-electron chi connectivity index (χ0n) is 14.3. The van der Waals surface area contributed by atoms with Crippen LogP contribution in [0.15, 0.2) is 24.3 Å². The Kier molecular flexibility index (Phi) is 5.13. The molecule has 1 heterocycles. The third-order valence-electron chi connectivity index (χ3n) is 4.51. The first kappa shape index (κ1) is 16.5. The SMILES string of the molecule is Cc1ccc(-c2n[nH]c([C@@H](C)NC(=O)NC3CCCCC3)n2)cc1. The van der Waals surface area contributed by atoms with Gasteiger partial charge in [0.15, 0.2) is 5.82 Å². The molecule has 2 amide bonds. The molecule has 0 saturated heterocycles. The van der Waals surface area contributed by atoms with E-state index in [2.05, 4.69) is 25.8 Å². The number of urea groups is 1. The van der Waals surface area contributed by atoms with Gasteiger partial charge in [0.25, 0.3) is 0 Å². The van der Waals surface area contributed by atoms with Gasteiger partial charge in [0.1, 0.15) is 5.82 Å². The fourth-order valence-electron chi connectivity index (χ4n) is 3.04. The van der Waals surface area contributed by atoms with Gasteiger partial charge in [0, 0.05) is 11.6 Å². The van der Waals surface area contributed by atoms with Crippen molar-refractivity contribution in [3.8, 4) is 11.4 Å².